The average Bonchev–Trinajstić information content (AvgIpc) is 3.15. The highest BCUT2D eigenvalue weighted by atomic mass is 35.5. The van der Waals surface area contributed by atoms with Crippen LogP contribution < -0.4 is 4.74 Å². The SMILES string of the molecule is CC(C)N(C(=O)COc1ccc(F)c(Cl)c1)C1CC1. The third-order valence-electron chi connectivity index (χ3n) is 3.04. The Hall–Kier alpha value is -1.29. The molecular weight excluding hydrogens is 269 g/mol. The van der Waals surface area contributed by atoms with Crippen molar-refractivity contribution in [2.24, 2.45) is 0 Å². The number of rotatable bonds is 5. The summed E-state index contributed by atoms with van der Waals surface area (Å²) in [7, 11) is 0. The van der Waals surface area contributed by atoms with Gasteiger partial charge in [-0.05, 0) is 38.8 Å². The highest BCUT2D eigenvalue weighted by Crippen LogP contribution is 2.29. The number of hydrogen-bond donors (Lipinski definition) is 0. The Kier molecular flexibility index (Phi) is 4.30. The van der Waals surface area contributed by atoms with Gasteiger partial charge in [-0.1, -0.05) is 11.6 Å². The molecule has 0 heterocycles. The number of nitrogens with zero attached hydrogens (tertiary/aromatic N) is 1. The molecule has 1 aliphatic rings. The van der Waals surface area contributed by atoms with E-state index in [-0.39, 0.29) is 23.6 Å². The van der Waals surface area contributed by atoms with E-state index in [2.05, 4.69) is 0 Å². The summed E-state index contributed by atoms with van der Waals surface area (Å²) in [4.78, 5) is 13.9. The van der Waals surface area contributed by atoms with Crippen LogP contribution in [-0.2, 0) is 4.79 Å². The molecule has 1 aromatic carbocycles. The highest BCUT2D eigenvalue weighted by molar-refractivity contribution is 6.30. The summed E-state index contributed by atoms with van der Waals surface area (Å²) in [6, 6.07) is 4.59. The first-order valence-electron chi connectivity index (χ1n) is 6.38. The van der Waals surface area contributed by atoms with Crippen molar-refractivity contribution in [3.05, 3.63) is 29.0 Å². The van der Waals surface area contributed by atoms with Gasteiger partial charge in [-0.15, -0.1) is 0 Å². The summed E-state index contributed by atoms with van der Waals surface area (Å²) >= 11 is 5.65. The van der Waals surface area contributed by atoms with Crippen molar-refractivity contribution in [1.29, 1.82) is 0 Å². The molecule has 0 radical (unpaired) electrons. The van der Waals surface area contributed by atoms with Gasteiger partial charge < -0.3 is 9.64 Å². The van der Waals surface area contributed by atoms with E-state index in [1.165, 1.54) is 18.2 Å². The zero-order valence-electron chi connectivity index (χ0n) is 11.0. The maximum absolute atomic E-state index is 13.0. The molecule has 0 saturated heterocycles. The van der Waals surface area contributed by atoms with Gasteiger partial charge in [0.2, 0.25) is 0 Å². The molecule has 0 aliphatic heterocycles. The number of amides is 1. The van der Waals surface area contributed by atoms with Crippen molar-refractivity contribution in [2.75, 3.05) is 6.61 Å². The lowest BCUT2D eigenvalue weighted by atomic mass is 10.3. The van der Waals surface area contributed by atoms with E-state index in [9.17, 15) is 9.18 Å². The minimum Gasteiger partial charge on any atom is -0.484 e. The van der Waals surface area contributed by atoms with Crippen LogP contribution in [0.2, 0.25) is 5.02 Å². The van der Waals surface area contributed by atoms with Crippen LogP contribution in [0.3, 0.4) is 0 Å². The number of hydrogen-bond acceptors (Lipinski definition) is 2. The van der Waals surface area contributed by atoms with Crippen molar-refractivity contribution in [3.8, 4) is 5.75 Å². The molecule has 2 rings (SSSR count). The molecular formula is C14H17ClFNO2. The maximum Gasteiger partial charge on any atom is 0.260 e. The maximum atomic E-state index is 13.0. The van der Waals surface area contributed by atoms with Crippen LogP contribution in [0.15, 0.2) is 18.2 Å². The zero-order chi connectivity index (χ0) is 14.0. The molecule has 0 atom stereocenters. The minimum absolute atomic E-state index is 0.00661. The van der Waals surface area contributed by atoms with Gasteiger partial charge in [0.05, 0.1) is 5.02 Å². The molecule has 1 saturated carbocycles. The molecule has 1 aromatic rings. The summed E-state index contributed by atoms with van der Waals surface area (Å²) in [6.07, 6.45) is 2.12. The van der Waals surface area contributed by atoms with Gasteiger partial charge in [0.1, 0.15) is 11.6 Å². The molecule has 0 aromatic heterocycles. The molecule has 0 N–H and O–H groups in total. The van der Waals surface area contributed by atoms with Crippen molar-refractivity contribution in [1.82, 2.24) is 4.90 Å². The number of benzene rings is 1. The van der Waals surface area contributed by atoms with Crippen LogP contribution in [-0.4, -0.2) is 29.5 Å². The zero-order valence-corrected chi connectivity index (χ0v) is 11.8. The van der Waals surface area contributed by atoms with Gasteiger partial charge in [0.15, 0.2) is 6.61 Å². The molecule has 19 heavy (non-hydrogen) atoms. The quantitative estimate of drug-likeness (QED) is 0.831. The van der Waals surface area contributed by atoms with Crippen LogP contribution in [0, 0.1) is 5.82 Å². The van der Waals surface area contributed by atoms with E-state index < -0.39 is 5.82 Å². The first-order valence-corrected chi connectivity index (χ1v) is 6.76. The predicted molar refractivity (Wildman–Crippen MR) is 71.9 cm³/mol. The minimum atomic E-state index is -0.498. The summed E-state index contributed by atoms with van der Waals surface area (Å²) in [5.41, 5.74) is 0. The van der Waals surface area contributed by atoms with E-state index in [0.29, 0.717) is 11.8 Å². The van der Waals surface area contributed by atoms with Crippen molar-refractivity contribution in [3.63, 3.8) is 0 Å². The third-order valence-corrected chi connectivity index (χ3v) is 3.33. The number of carbonyl (C=O) groups excluding carboxylic acids is 1. The Labute approximate surface area is 117 Å². The Morgan fingerprint density at radius 3 is 2.74 bits per heavy atom. The standard InChI is InChI=1S/C14H17ClFNO2/c1-9(2)17(10-3-4-10)14(18)8-19-11-5-6-13(16)12(15)7-11/h5-7,9-10H,3-4,8H2,1-2H3. The van der Waals surface area contributed by atoms with Crippen molar-refractivity contribution in [2.45, 2.75) is 38.8 Å². The fraction of sp³-hybridized carbons (Fsp3) is 0.500. The summed E-state index contributed by atoms with van der Waals surface area (Å²) < 4.78 is 18.4. The van der Waals surface area contributed by atoms with Crippen LogP contribution in [0.1, 0.15) is 26.7 Å². The Morgan fingerprint density at radius 2 is 2.21 bits per heavy atom. The fourth-order valence-corrected chi connectivity index (χ4v) is 2.22. The monoisotopic (exact) mass is 285 g/mol. The second-order valence-corrected chi connectivity index (χ2v) is 5.40. The highest BCUT2D eigenvalue weighted by Gasteiger charge is 2.34. The molecule has 1 aliphatic carbocycles. The van der Waals surface area contributed by atoms with E-state index >= 15 is 0 Å². The van der Waals surface area contributed by atoms with Gasteiger partial charge >= 0.3 is 0 Å². The lowest BCUT2D eigenvalue weighted by molar-refractivity contribution is -0.135. The predicted octanol–water partition coefficient (Wildman–Crippen LogP) is 3.26. The molecule has 1 amide bonds. The lowest BCUT2D eigenvalue weighted by Crippen LogP contribution is -2.41. The first kappa shape index (κ1) is 14.1. The van der Waals surface area contributed by atoms with Gasteiger partial charge in [-0.25, -0.2) is 4.39 Å². The molecule has 5 heteroatoms. The van der Waals surface area contributed by atoms with E-state index in [1.54, 1.807) is 0 Å². The van der Waals surface area contributed by atoms with E-state index in [0.717, 1.165) is 12.8 Å². The number of ether oxygens (including phenoxy) is 1. The van der Waals surface area contributed by atoms with Crippen molar-refractivity contribution >= 4 is 17.5 Å². The smallest absolute Gasteiger partial charge is 0.260 e. The molecule has 0 unspecified atom stereocenters. The Balaban J connectivity index is 1.93. The van der Waals surface area contributed by atoms with Gasteiger partial charge in [0, 0.05) is 18.2 Å². The summed E-state index contributed by atoms with van der Waals surface area (Å²) in [5, 5.41) is -0.00661. The molecule has 1 fully saturated rings. The third kappa shape index (κ3) is 3.60. The normalized spacial score (nSPS) is 14.6. The fourth-order valence-electron chi connectivity index (χ4n) is 2.05. The Bertz CT molecular complexity index is 473. The van der Waals surface area contributed by atoms with Crippen LogP contribution in [0.4, 0.5) is 4.39 Å². The summed E-state index contributed by atoms with van der Waals surface area (Å²) in [6.45, 7) is 3.94. The van der Waals surface area contributed by atoms with Crippen LogP contribution >= 0.6 is 11.6 Å². The Morgan fingerprint density at radius 1 is 1.53 bits per heavy atom. The molecule has 104 valence electrons. The van der Waals surface area contributed by atoms with Crippen LogP contribution in [0.25, 0.3) is 0 Å². The average molecular weight is 286 g/mol. The van der Waals surface area contributed by atoms with Crippen molar-refractivity contribution < 1.29 is 13.9 Å². The largest absolute Gasteiger partial charge is 0.484 e. The molecule has 0 bridgehead atoms. The van der Waals surface area contributed by atoms with E-state index in [4.69, 9.17) is 16.3 Å². The second kappa shape index (κ2) is 5.78. The molecule has 3 nitrogen and oxygen atoms in total. The van der Waals surface area contributed by atoms with Gasteiger partial charge in [0.25, 0.3) is 5.91 Å². The van der Waals surface area contributed by atoms with E-state index in [1.807, 2.05) is 18.7 Å². The topological polar surface area (TPSA) is 29.5 Å². The first-order chi connectivity index (χ1) is 8.99. The second-order valence-electron chi connectivity index (χ2n) is 4.99. The number of halogens is 2. The lowest BCUT2D eigenvalue weighted by Gasteiger charge is -2.26. The summed E-state index contributed by atoms with van der Waals surface area (Å²) in [5.74, 6) is -0.140. The van der Waals surface area contributed by atoms with Crippen LogP contribution in [0.5, 0.6) is 5.75 Å². The number of carbonyl (C=O) groups is 1. The molecule has 0 spiro atoms. The van der Waals surface area contributed by atoms with Gasteiger partial charge in [-0.2, -0.15) is 0 Å². The van der Waals surface area contributed by atoms with Gasteiger partial charge in [-0.3, -0.25) is 4.79 Å².